The van der Waals surface area contributed by atoms with E-state index in [1.165, 1.54) is 0 Å². The normalized spacial score (nSPS) is 11.3. The second-order valence-corrected chi connectivity index (χ2v) is 6.94. The molecule has 0 bridgehead atoms. The highest BCUT2D eigenvalue weighted by Gasteiger charge is 2.17. The maximum absolute atomic E-state index is 12.6. The van der Waals surface area contributed by atoms with Crippen LogP contribution in [-0.4, -0.2) is 20.1 Å². The highest BCUT2D eigenvalue weighted by Crippen LogP contribution is 2.26. The van der Waals surface area contributed by atoms with Crippen molar-refractivity contribution in [3.8, 4) is 5.75 Å². The molecule has 0 saturated carbocycles. The lowest BCUT2D eigenvalue weighted by atomic mass is 10.2. The van der Waals surface area contributed by atoms with Gasteiger partial charge < -0.3 is 9.84 Å². The Morgan fingerprint density at radius 2 is 1.87 bits per heavy atom. The molecular formula is C17H21NO4S. The average Bonchev–Trinajstić information content (AvgIpc) is 2.51. The van der Waals surface area contributed by atoms with E-state index in [0.29, 0.717) is 29.2 Å². The van der Waals surface area contributed by atoms with E-state index in [0.717, 1.165) is 5.56 Å². The lowest BCUT2D eigenvalue weighted by molar-refractivity contribution is 0.267. The standard InChI is InChI=1S/C17H21NO4S/c1-4-22-16-8-7-15(10-14(16)11-19)18-23(20,21)17-9-12(2)5-6-13(17)3/h5-10,18-19H,4,11H2,1-3H3. The fraction of sp³-hybridized carbons (Fsp3) is 0.294. The van der Waals surface area contributed by atoms with E-state index < -0.39 is 10.0 Å². The summed E-state index contributed by atoms with van der Waals surface area (Å²) >= 11 is 0. The number of aliphatic hydroxyl groups excluding tert-OH is 1. The molecule has 23 heavy (non-hydrogen) atoms. The zero-order valence-electron chi connectivity index (χ0n) is 13.5. The summed E-state index contributed by atoms with van der Waals surface area (Å²) in [4.78, 5) is 0.247. The second-order valence-electron chi connectivity index (χ2n) is 5.29. The first kappa shape index (κ1) is 17.3. The second kappa shape index (κ2) is 7.02. The van der Waals surface area contributed by atoms with E-state index in [9.17, 15) is 13.5 Å². The molecule has 2 rings (SSSR count). The van der Waals surface area contributed by atoms with Crippen molar-refractivity contribution in [1.82, 2.24) is 0 Å². The van der Waals surface area contributed by atoms with Gasteiger partial charge in [-0.05, 0) is 56.2 Å². The summed E-state index contributed by atoms with van der Waals surface area (Å²) in [5.41, 5.74) is 2.47. The molecule has 5 nitrogen and oxygen atoms in total. The summed E-state index contributed by atoms with van der Waals surface area (Å²) in [5, 5.41) is 9.41. The van der Waals surface area contributed by atoms with Gasteiger partial charge in [0.05, 0.1) is 18.1 Å². The summed E-state index contributed by atoms with van der Waals surface area (Å²) in [6, 6.07) is 10.1. The molecule has 6 heteroatoms. The minimum absolute atomic E-state index is 0.228. The van der Waals surface area contributed by atoms with E-state index >= 15 is 0 Å². The van der Waals surface area contributed by atoms with Crippen molar-refractivity contribution < 1.29 is 18.3 Å². The molecule has 0 unspecified atom stereocenters. The zero-order valence-corrected chi connectivity index (χ0v) is 14.3. The fourth-order valence-electron chi connectivity index (χ4n) is 2.27. The van der Waals surface area contributed by atoms with Gasteiger partial charge in [-0.3, -0.25) is 4.72 Å². The predicted molar refractivity (Wildman–Crippen MR) is 90.3 cm³/mol. The van der Waals surface area contributed by atoms with Gasteiger partial charge in [0.15, 0.2) is 0 Å². The molecule has 0 heterocycles. The van der Waals surface area contributed by atoms with Crippen molar-refractivity contribution in [2.45, 2.75) is 32.3 Å². The zero-order chi connectivity index (χ0) is 17.0. The highest BCUT2D eigenvalue weighted by atomic mass is 32.2. The largest absolute Gasteiger partial charge is 0.494 e. The van der Waals surface area contributed by atoms with Gasteiger partial charge in [0.2, 0.25) is 0 Å². The van der Waals surface area contributed by atoms with Crippen LogP contribution in [0.2, 0.25) is 0 Å². The van der Waals surface area contributed by atoms with Gasteiger partial charge in [-0.1, -0.05) is 12.1 Å². The molecule has 124 valence electrons. The van der Waals surface area contributed by atoms with E-state index in [-0.39, 0.29) is 11.5 Å². The first-order valence-corrected chi connectivity index (χ1v) is 8.82. The van der Waals surface area contributed by atoms with Gasteiger partial charge in [-0.25, -0.2) is 8.42 Å². The van der Waals surface area contributed by atoms with Gasteiger partial charge in [0.1, 0.15) is 5.75 Å². The van der Waals surface area contributed by atoms with Gasteiger partial charge in [-0.15, -0.1) is 0 Å². The predicted octanol–water partition coefficient (Wildman–Crippen LogP) is 3.00. The Labute approximate surface area is 137 Å². The van der Waals surface area contributed by atoms with Crippen LogP contribution in [0.3, 0.4) is 0 Å². The number of sulfonamides is 1. The van der Waals surface area contributed by atoms with Gasteiger partial charge in [0, 0.05) is 11.3 Å². The smallest absolute Gasteiger partial charge is 0.262 e. The molecule has 0 aromatic heterocycles. The summed E-state index contributed by atoms with van der Waals surface area (Å²) in [6.07, 6.45) is 0. The first-order valence-electron chi connectivity index (χ1n) is 7.34. The van der Waals surface area contributed by atoms with Crippen molar-refractivity contribution in [2.24, 2.45) is 0 Å². The van der Waals surface area contributed by atoms with Crippen LogP contribution >= 0.6 is 0 Å². The monoisotopic (exact) mass is 335 g/mol. The van der Waals surface area contributed by atoms with Crippen LogP contribution in [0, 0.1) is 13.8 Å². The Balaban J connectivity index is 2.35. The number of anilines is 1. The molecule has 0 fully saturated rings. The molecule has 0 aliphatic carbocycles. The van der Waals surface area contributed by atoms with Crippen LogP contribution in [-0.2, 0) is 16.6 Å². The Bertz CT molecular complexity index is 800. The molecule has 2 aromatic carbocycles. The third kappa shape index (κ3) is 4.03. The molecule has 0 aliphatic heterocycles. The SMILES string of the molecule is CCOc1ccc(NS(=O)(=O)c2cc(C)ccc2C)cc1CO. The summed E-state index contributed by atoms with van der Waals surface area (Å²) in [7, 11) is -3.69. The third-order valence-corrected chi connectivity index (χ3v) is 4.94. The minimum Gasteiger partial charge on any atom is -0.494 e. The number of nitrogens with one attached hydrogen (secondary N) is 1. The molecule has 2 N–H and O–H groups in total. The quantitative estimate of drug-likeness (QED) is 0.851. The summed E-state index contributed by atoms with van der Waals surface area (Å²) in [5.74, 6) is 0.546. The topological polar surface area (TPSA) is 75.6 Å². The van der Waals surface area contributed by atoms with Crippen molar-refractivity contribution in [3.63, 3.8) is 0 Å². The highest BCUT2D eigenvalue weighted by molar-refractivity contribution is 7.92. The van der Waals surface area contributed by atoms with Crippen LogP contribution in [0.4, 0.5) is 5.69 Å². The van der Waals surface area contributed by atoms with Crippen LogP contribution in [0.1, 0.15) is 23.6 Å². The molecule has 0 aliphatic rings. The van der Waals surface area contributed by atoms with Crippen LogP contribution in [0.5, 0.6) is 5.75 Å². The van der Waals surface area contributed by atoms with Crippen LogP contribution in [0.15, 0.2) is 41.3 Å². The maximum atomic E-state index is 12.6. The molecule has 0 atom stereocenters. The first-order chi connectivity index (χ1) is 10.9. The molecule has 0 spiro atoms. The number of aryl methyl sites for hydroxylation is 2. The van der Waals surface area contributed by atoms with E-state index in [4.69, 9.17) is 4.74 Å². The number of aliphatic hydroxyl groups is 1. The van der Waals surface area contributed by atoms with Gasteiger partial charge in [-0.2, -0.15) is 0 Å². The molecule has 0 radical (unpaired) electrons. The number of hydrogen-bond acceptors (Lipinski definition) is 4. The molecule has 0 amide bonds. The van der Waals surface area contributed by atoms with Crippen molar-refractivity contribution in [1.29, 1.82) is 0 Å². The Hall–Kier alpha value is -2.05. The van der Waals surface area contributed by atoms with Crippen molar-refractivity contribution >= 4 is 15.7 Å². The minimum atomic E-state index is -3.69. The lowest BCUT2D eigenvalue weighted by Crippen LogP contribution is -2.14. The molecule has 0 saturated heterocycles. The summed E-state index contributed by atoms with van der Waals surface area (Å²) < 4.78 is 33.1. The van der Waals surface area contributed by atoms with E-state index in [1.54, 1.807) is 37.3 Å². The summed E-state index contributed by atoms with van der Waals surface area (Å²) in [6.45, 7) is 5.69. The van der Waals surface area contributed by atoms with E-state index in [1.807, 2.05) is 19.9 Å². The van der Waals surface area contributed by atoms with Crippen molar-refractivity contribution in [3.05, 3.63) is 53.1 Å². The number of benzene rings is 2. The molecule has 2 aromatic rings. The fourth-order valence-corrected chi connectivity index (χ4v) is 3.65. The van der Waals surface area contributed by atoms with Gasteiger partial charge in [0.25, 0.3) is 10.0 Å². The van der Waals surface area contributed by atoms with Crippen LogP contribution < -0.4 is 9.46 Å². The lowest BCUT2D eigenvalue weighted by Gasteiger charge is -2.14. The number of hydrogen-bond donors (Lipinski definition) is 2. The maximum Gasteiger partial charge on any atom is 0.262 e. The number of rotatable bonds is 6. The Morgan fingerprint density at radius 1 is 1.13 bits per heavy atom. The Kier molecular flexibility index (Phi) is 5.28. The Morgan fingerprint density at radius 3 is 2.52 bits per heavy atom. The van der Waals surface area contributed by atoms with Crippen LogP contribution in [0.25, 0.3) is 0 Å². The average molecular weight is 335 g/mol. The van der Waals surface area contributed by atoms with Gasteiger partial charge >= 0.3 is 0 Å². The van der Waals surface area contributed by atoms with E-state index in [2.05, 4.69) is 4.72 Å². The molecular weight excluding hydrogens is 314 g/mol. The number of ether oxygens (including phenoxy) is 1. The third-order valence-electron chi connectivity index (χ3n) is 3.42. The van der Waals surface area contributed by atoms with Crippen molar-refractivity contribution in [2.75, 3.05) is 11.3 Å².